The van der Waals surface area contributed by atoms with Crippen LogP contribution < -0.4 is 5.32 Å². The Labute approximate surface area is 112 Å². The molecule has 2 rings (SSSR count). The van der Waals surface area contributed by atoms with Crippen molar-refractivity contribution in [2.45, 2.75) is 19.4 Å². The van der Waals surface area contributed by atoms with Gasteiger partial charge in [-0.15, -0.1) is 0 Å². The van der Waals surface area contributed by atoms with Crippen LogP contribution in [-0.4, -0.2) is 42.2 Å². The van der Waals surface area contributed by atoms with Crippen LogP contribution in [0.3, 0.4) is 0 Å². The number of aliphatic hydroxyl groups is 1. The predicted molar refractivity (Wildman–Crippen MR) is 75.4 cm³/mol. The largest absolute Gasteiger partial charge is 0.394 e. The Morgan fingerprint density at radius 2 is 2.39 bits per heavy atom. The minimum atomic E-state index is 0.167. The monoisotopic (exact) mass is 267 g/mol. The molecule has 1 fully saturated rings. The fourth-order valence-electron chi connectivity index (χ4n) is 2.05. The van der Waals surface area contributed by atoms with Gasteiger partial charge in [0.25, 0.3) is 0 Å². The summed E-state index contributed by atoms with van der Waals surface area (Å²) >= 11 is 5.93. The van der Waals surface area contributed by atoms with Crippen LogP contribution in [0.5, 0.6) is 0 Å². The number of nitrogens with zero attached hydrogens (tertiary/aromatic N) is 2. The molecule has 1 heterocycles. The van der Waals surface area contributed by atoms with E-state index in [1.165, 1.54) is 0 Å². The maximum absolute atomic E-state index is 9.22. The van der Waals surface area contributed by atoms with E-state index in [1.807, 2.05) is 25.1 Å². The molecule has 0 amide bonds. The zero-order chi connectivity index (χ0) is 13.1. The first-order valence-electron chi connectivity index (χ1n) is 6.03. The molecule has 0 spiro atoms. The van der Waals surface area contributed by atoms with E-state index in [9.17, 15) is 5.11 Å². The molecule has 4 nitrogen and oxygen atoms in total. The van der Waals surface area contributed by atoms with Crippen LogP contribution in [0.4, 0.5) is 5.69 Å². The minimum absolute atomic E-state index is 0.167. The van der Waals surface area contributed by atoms with E-state index in [-0.39, 0.29) is 12.6 Å². The molecule has 0 aliphatic carbocycles. The standard InChI is InChI=1S/C13H18ClN3O/c1-9-7-10(14)3-4-12(9)16-13(15-2)17-6-5-11(17)8-18/h3-4,7,11,18H,5-6,8H2,1-2H3,(H,15,16). The molecule has 1 atom stereocenters. The van der Waals surface area contributed by atoms with Gasteiger partial charge in [-0.25, -0.2) is 0 Å². The highest BCUT2D eigenvalue weighted by Gasteiger charge is 2.29. The third-order valence-electron chi connectivity index (χ3n) is 3.27. The van der Waals surface area contributed by atoms with E-state index in [4.69, 9.17) is 11.6 Å². The summed E-state index contributed by atoms with van der Waals surface area (Å²) < 4.78 is 0. The average Bonchev–Trinajstić information content (AvgIpc) is 2.30. The van der Waals surface area contributed by atoms with Gasteiger partial charge in [-0.05, 0) is 37.1 Å². The highest BCUT2D eigenvalue weighted by atomic mass is 35.5. The van der Waals surface area contributed by atoms with Crippen LogP contribution in [0.25, 0.3) is 0 Å². The number of rotatable bonds is 2. The molecule has 2 N–H and O–H groups in total. The van der Waals surface area contributed by atoms with Crippen LogP contribution in [0, 0.1) is 6.92 Å². The average molecular weight is 268 g/mol. The minimum Gasteiger partial charge on any atom is -0.394 e. The van der Waals surface area contributed by atoms with Crippen LogP contribution >= 0.6 is 11.6 Å². The van der Waals surface area contributed by atoms with Crippen LogP contribution in [0.2, 0.25) is 5.02 Å². The van der Waals surface area contributed by atoms with Gasteiger partial charge < -0.3 is 15.3 Å². The summed E-state index contributed by atoms with van der Waals surface area (Å²) in [6.07, 6.45) is 1.01. The van der Waals surface area contributed by atoms with Crippen molar-refractivity contribution in [1.29, 1.82) is 0 Å². The number of halogens is 1. The van der Waals surface area contributed by atoms with Gasteiger partial charge in [-0.2, -0.15) is 0 Å². The number of likely N-dealkylation sites (tertiary alicyclic amines) is 1. The number of anilines is 1. The van der Waals surface area contributed by atoms with Crippen molar-refractivity contribution in [1.82, 2.24) is 4.90 Å². The van der Waals surface area contributed by atoms with Crippen LogP contribution in [-0.2, 0) is 0 Å². The van der Waals surface area contributed by atoms with Gasteiger partial charge in [-0.1, -0.05) is 11.6 Å². The van der Waals surface area contributed by atoms with Crippen molar-refractivity contribution in [2.75, 3.05) is 25.5 Å². The number of guanidine groups is 1. The number of aryl methyl sites for hydroxylation is 1. The van der Waals surface area contributed by atoms with Crippen molar-refractivity contribution in [3.05, 3.63) is 28.8 Å². The lowest BCUT2D eigenvalue weighted by molar-refractivity contribution is 0.105. The first-order chi connectivity index (χ1) is 8.65. The van der Waals surface area contributed by atoms with Gasteiger partial charge >= 0.3 is 0 Å². The van der Waals surface area contributed by atoms with Gasteiger partial charge in [-0.3, -0.25) is 4.99 Å². The summed E-state index contributed by atoms with van der Waals surface area (Å²) in [6.45, 7) is 3.10. The summed E-state index contributed by atoms with van der Waals surface area (Å²) in [7, 11) is 1.75. The molecule has 18 heavy (non-hydrogen) atoms. The van der Waals surface area contributed by atoms with Gasteiger partial charge in [0, 0.05) is 24.3 Å². The Morgan fingerprint density at radius 1 is 1.61 bits per heavy atom. The summed E-state index contributed by atoms with van der Waals surface area (Å²) in [4.78, 5) is 6.33. The van der Waals surface area contributed by atoms with E-state index in [2.05, 4.69) is 15.2 Å². The number of nitrogens with one attached hydrogen (secondary N) is 1. The molecule has 1 aromatic rings. The van der Waals surface area contributed by atoms with Crippen molar-refractivity contribution in [2.24, 2.45) is 4.99 Å². The second kappa shape index (κ2) is 5.59. The zero-order valence-electron chi connectivity index (χ0n) is 10.7. The summed E-state index contributed by atoms with van der Waals surface area (Å²) in [5, 5.41) is 13.2. The molecular weight excluding hydrogens is 250 g/mol. The fourth-order valence-corrected chi connectivity index (χ4v) is 2.28. The van der Waals surface area contributed by atoms with E-state index < -0.39 is 0 Å². The quantitative estimate of drug-likeness (QED) is 0.637. The third kappa shape index (κ3) is 2.60. The molecule has 0 aromatic heterocycles. The van der Waals surface area contributed by atoms with E-state index >= 15 is 0 Å². The molecule has 0 radical (unpaired) electrons. The number of benzene rings is 1. The lowest BCUT2D eigenvalue weighted by Crippen LogP contribution is -2.55. The first kappa shape index (κ1) is 13.2. The Morgan fingerprint density at radius 3 is 2.89 bits per heavy atom. The summed E-state index contributed by atoms with van der Waals surface area (Å²) in [5.74, 6) is 0.797. The smallest absolute Gasteiger partial charge is 0.198 e. The Kier molecular flexibility index (Phi) is 4.09. The fraction of sp³-hybridized carbons (Fsp3) is 0.462. The topological polar surface area (TPSA) is 47.9 Å². The number of hydrogen-bond acceptors (Lipinski definition) is 2. The number of aliphatic imine (C=N–C) groups is 1. The maximum Gasteiger partial charge on any atom is 0.198 e. The molecule has 1 aromatic carbocycles. The van der Waals surface area contributed by atoms with Gasteiger partial charge in [0.2, 0.25) is 0 Å². The highest BCUT2D eigenvalue weighted by Crippen LogP contribution is 2.22. The predicted octanol–water partition coefficient (Wildman–Crippen LogP) is 2.11. The van der Waals surface area contributed by atoms with E-state index in [1.54, 1.807) is 7.05 Å². The lowest BCUT2D eigenvalue weighted by Gasteiger charge is -2.42. The first-order valence-corrected chi connectivity index (χ1v) is 6.41. The molecular formula is C13H18ClN3O. The van der Waals surface area contributed by atoms with Crippen molar-refractivity contribution < 1.29 is 5.11 Å². The lowest BCUT2D eigenvalue weighted by atomic mass is 10.1. The second-order valence-electron chi connectivity index (χ2n) is 4.45. The number of aliphatic hydroxyl groups excluding tert-OH is 1. The van der Waals surface area contributed by atoms with Crippen LogP contribution in [0.1, 0.15) is 12.0 Å². The summed E-state index contributed by atoms with van der Waals surface area (Å²) in [6, 6.07) is 5.89. The molecule has 1 unspecified atom stereocenters. The second-order valence-corrected chi connectivity index (χ2v) is 4.89. The van der Waals surface area contributed by atoms with Crippen molar-refractivity contribution >= 4 is 23.2 Å². The zero-order valence-corrected chi connectivity index (χ0v) is 11.4. The molecule has 5 heteroatoms. The molecule has 98 valence electrons. The molecule has 1 saturated heterocycles. The van der Waals surface area contributed by atoms with Gasteiger partial charge in [0.05, 0.1) is 12.6 Å². The normalized spacial score (nSPS) is 19.7. The third-order valence-corrected chi connectivity index (χ3v) is 3.51. The molecule has 0 saturated carbocycles. The number of hydrogen-bond donors (Lipinski definition) is 2. The molecule has 0 bridgehead atoms. The van der Waals surface area contributed by atoms with E-state index in [0.29, 0.717) is 0 Å². The van der Waals surface area contributed by atoms with Gasteiger partial charge in [0.15, 0.2) is 5.96 Å². The van der Waals surface area contributed by atoms with Gasteiger partial charge in [0.1, 0.15) is 0 Å². The highest BCUT2D eigenvalue weighted by molar-refractivity contribution is 6.30. The maximum atomic E-state index is 9.22. The molecule has 1 aliphatic heterocycles. The Bertz CT molecular complexity index is 460. The van der Waals surface area contributed by atoms with Crippen molar-refractivity contribution in [3.63, 3.8) is 0 Å². The van der Waals surface area contributed by atoms with Crippen molar-refractivity contribution in [3.8, 4) is 0 Å². The van der Waals surface area contributed by atoms with Crippen LogP contribution in [0.15, 0.2) is 23.2 Å². The SMILES string of the molecule is CN=C(Nc1ccc(Cl)cc1C)N1CCC1CO. The summed E-state index contributed by atoms with van der Waals surface area (Å²) in [5.41, 5.74) is 2.06. The molecule has 1 aliphatic rings. The Hall–Kier alpha value is -1.26. The Balaban J connectivity index is 2.11. The van der Waals surface area contributed by atoms with E-state index in [0.717, 1.165) is 35.2 Å².